The van der Waals surface area contributed by atoms with Gasteiger partial charge in [-0.05, 0) is 29.8 Å². The van der Waals surface area contributed by atoms with Crippen LogP contribution in [0.4, 0.5) is 5.69 Å². The zero-order chi connectivity index (χ0) is 13.5. The Hall–Kier alpha value is -2.29. The van der Waals surface area contributed by atoms with Gasteiger partial charge in [-0.3, -0.25) is 4.79 Å². The highest BCUT2D eigenvalue weighted by molar-refractivity contribution is 5.88. The lowest BCUT2D eigenvalue weighted by Crippen LogP contribution is -2.05. The molecule has 0 saturated carbocycles. The Kier molecular flexibility index (Phi) is 4.56. The van der Waals surface area contributed by atoms with E-state index in [2.05, 4.69) is 17.4 Å². The molecular formula is C16H17NO2. The number of hydrogen-bond donors (Lipinski definition) is 1. The van der Waals surface area contributed by atoms with Gasteiger partial charge in [-0.25, -0.2) is 0 Å². The minimum absolute atomic E-state index is 0.0715. The van der Waals surface area contributed by atoms with Gasteiger partial charge < -0.3 is 10.1 Å². The molecule has 19 heavy (non-hydrogen) atoms. The summed E-state index contributed by atoms with van der Waals surface area (Å²) in [6, 6.07) is 17.6. The summed E-state index contributed by atoms with van der Waals surface area (Å²) in [5.41, 5.74) is 2.04. The van der Waals surface area contributed by atoms with Gasteiger partial charge in [0, 0.05) is 19.0 Å². The monoisotopic (exact) mass is 255 g/mol. The van der Waals surface area contributed by atoms with Crippen molar-refractivity contribution in [3.63, 3.8) is 0 Å². The van der Waals surface area contributed by atoms with Crippen LogP contribution in [0.2, 0.25) is 0 Å². The van der Waals surface area contributed by atoms with Crippen molar-refractivity contribution in [1.82, 2.24) is 0 Å². The molecule has 0 fully saturated rings. The molecule has 1 amide bonds. The van der Waals surface area contributed by atoms with Gasteiger partial charge >= 0.3 is 0 Å². The van der Waals surface area contributed by atoms with Gasteiger partial charge in [0.2, 0.25) is 5.91 Å². The fraction of sp³-hybridized carbons (Fsp3) is 0.188. The van der Waals surface area contributed by atoms with E-state index in [1.807, 2.05) is 42.5 Å². The van der Waals surface area contributed by atoms with E-state index in [0.29, 0.717) is 6.61 Å². The fourth-order valence-corrected chi connectivity index (χ4v) is 1.77. The molecule has 3 nitrogen and oxygen atoms in total. The molecule has 0 spiro atoms. The molecule has 0 saturated heterocycles. The van der Waals surface area contributed by atoms with Crippen LogP contribution in [0.5, 0.6) is 5.75 Å². The van der Waals surface area contributed by atoms with E-state index >= 15 is 0 Å². The van der Waals surface area contributed by atoms with Crippen molar-refractivity contribution in [2.24, 2.45) is 0 Å². The van der Waals surface area contributed by atoms with E-state index in [1.165, 1.54) is 12.5 Å². The molecule has 2 aromatic carbocycles. The molecule has 2 aromatic rings. The molecule has 0 heterocycles. The quantitative estimate of drug-likeness (QED) is 0.890. The number of carbonyl (C=O) groups is 1. The van der Waals surface area contributed by atoms with Crippen molar-refractivity contribution in [2.75, 3.05) is 11.9 Å². The number of amides is 1. The minimum atomic E-state index is -0.0715. The van der Waals surface area contributed by atoms with Crippen LogP contribution < -0.4 is 10.1 Å². The molecule has 0 aliphatic heterocycles. The first kappa shape index (κ1) is 13.1. The van der Waals surface area contributed by atoms with Crippen molar-refractivity contribution < 1.29 is 9.53 Å². The summed E-state index contributed by atoms with van der Waals surface area (Å²) >= 11 is 0. The van der Waals surface area contributed by atoms with Crippen molar-refractivity contribution in [3.05, 3.63) is 60.2 Å². The Morgan fingerprint density at radius 3 is 2.37 bits per heavy atom. The third kappa shape index (κ3) is 4.47. The molecule has 2 rings (SSSR count). The van der Waals surface area contributed by atoms with Crippen LogP contribution in [0.3, 0.4) is 0 Å². The second kappa shape index (κ2) is 6.59. The number of rotatable bonds is 5. The summed E-state index contributed by atoms with van der Waals surface area (Å²) in [7, 11) is 0. The second-order valence-electron chi connectivity index (χ2n) is 4.29. The van der Waals surface area contributed by atoms with Crippen LogP contribution in [-0.4, -0.2) is 12.5 Å². The zero-order valence-corrected chi connectivity index (χ0v) is 10.9. The number of benzene rings is 2. The number of carbonyl (C=O) groups excluding carboxylic acids is 1. The molecule has 98 valence electrons. The molecule has 0 atom stereocenters. The summed E-state index contributed by atoms with van der Waals surface area (Å²) in [5, 5.41) is 2.72. The topological polar surface area (TPSA) is 38.3 Å². The normalized spacial score (nSPS) is 9.95. The molecule has 0 aliphatic rings. The fourth-order valence-electron chi connectivity index (χ4n) is 1.77. The van der Waals surface area contributed by atoms with Crippen LogP contribution >= 0.6 is 0 Å². The van der Waals surface area contributed by atoms with Gasteiger partial charge in [0.1, 0.15) is 5.75 Å². The Labute approximate surface area is 113 Å². The maximum absolute atomic E-state index is 10.9. The highest BCUT2D eigenvalue weighted by atomic mass is 16.5. The van der Waals surface area contributed by atoms with Crippen LogP contribution in [0.1, 0.15) is 12.5 Å². The summed E-state index contributed by atoms with van der Waals surface area (Å²) in [4.78, 5) is 10.9. The third-order valence-corrected chi connectivity index (χ3v) is 2.68. The summed E-state index contributed by atoms with van der Waals surface area (Å²) in [5.74, 6) is 0.739. The Bertz CT molecular complexity index is 520. The Balaban J connectivity index is 1.81. The average Bonchev–Trinajstić information content (AvgIpc) is 2.41. The van der Waals surface area contributed by atoms with Crippen LogP contribution in [0.15, 0.2) is 54.6 Å². The third-order valence-electron chi connectivity index (χ3n) is 2.68. The number of hydrogen-bond acceptors (Lipinski definition) is 2. The number of nitrogens with one attached hydrogen (secondary N) is 1. The van der Waals surface area contributed by atoms with Gasteiger partial charge in [-0.15, -0.1) is 0 Å². The summed E-state index contributed by atoms with van der Waals surface area (Å²) in [6.07, 6.45) is 0.883. The zero-order valence-electron chi connectivity index (χ0n) is 10.9. The maximum Gasteiger partial charge on any atom is 0.221 e. The van der Waals surface area contributed by atoms with Gasteiger partial charge in [-0.1, -0.05) is 30.3 Å². The molecule has 0 aromatic heterocycles. The average molecular weight is 255 g/mol. The first-order valence-corrected chi connectivity index (χ1v) is 6.28. The molecule has 0 radical (unpaired) electrons. The first-order chi connectivity index (χ1) is 9.24. The van der Waals surface area contributed by atoms with Crippen molar-refractivity contribution in [2.45, 2.75) is 13.3 Å². The smallest absolute Gasteiger partial charge is 0.221 e. The number of anilines is 1. The molecule has 0 aliphatic carbocycles. The maximum atomic E-state index is 10.9. The van der Waals surface area contributed by atoms with Crippen molar-refractivity contribution in [1.29, 1.82) is 0 Å². The molecular weight excluding hydrogens is 238 g/mol. The predicted octanol–water partition coefficient (Wildman–Crippen LogP) is 3.27. The predicted molar refractivity (Wildman–Crippen MR) is 76.4 cm³/mol. The lowest BCUT2D eigenvalue weighted by Gasteiger charge is -2.07. The van der Waals surface area contributed by atoms with E-state index in [-0.39, 0.29) is 5.91 Å². The lowest BCUT2D eigenvalue weighted by atomic mass is 10.2. The second-order valence-corrected chi connectivity index (χ2v) is 4.29. The first-order valence-electron chi connectivity index (χ1n) is 6.28. The van der Waals surface area contributed by atoms with E-state index < -0.39 is 0 Å². The Morgan fingerprint density at radius 2 is 1.74 bits per heavy atom. The van der Waals surface area contributed by atoms with E-state index in [1.54, 1.807) is 0 Å². The van der Waals surface area contributed by atoms with Gasteiger partial charge in [0.05, 0.1) is 6.61 Å². The largest absolute Gasteiger partial charge is 0.493 e. The standard InChI is InChI=1S/C16H17NO2/c1-13(18)17-15-7-9-16(10-8-15)19-12-11-14-5-3-2-4-6-14/h2-10H,11-12H2,1H3,(H,17,18). The van der Waals surface area contributed by atoms with E-state index in [0.717, 1.165) is 17.9 Å². The summed E-state index contributed by atoms with van der Waals surface area (Å²) in [6.45, 7) is 2.13. The lowest BCUT2D eigenvalue weighted by molar-refractivity contribution is -0.114. The van der Waals surface area contributed by atoms with Gasteiger partial charge in [0.25, 0.3) is 0 Å². The van der Waals surface area contributed by atoms with Gasteiger partial charge in [-0.2, -0.15) is 0 Å². The van der Waals surface area contributed by atoms with Gasteiger partial charge in [0.15, 0.2) is 0 Å². The van der Waals surface area contributed by atoms with Crippen LogP contribution in [-0.2, 0) is 11.2 Å². The minimum Gasteiger partial charge on any atom is -0.493 e. The highest BCUT2D eigenvalue weighted by Crippen LogP contribution is 2.15. The SMILES string of the molecule is CC(=O)Nc1ccc(OCCc2ccccc2)cc1. The highest BCUT2D eigenvalue weighted by Gasteiger charge is 1.98. The molecule has 1 N–H and O–H groups in total. The summed E-state index contributed by atoms with van der Waals surface area (Å²) < 4.78 is 5.66. The van der Waals surface area contributed by atoms with Crippen molar-refractivity contribution in [3.8, 4) is 5.75 Å². The molecule has 0 unspecified atom stereocenters. The number of ether oxygens (including phenoxy) is 1. The Morgan fingerprint density at radius 1 is 1.05 bits per heavy atom. The van der Waals surface area contributed by atoms with Crippen molar-refractivity contribution >= 4 is 11.6 Å². The van der Waals surface area contributed by atoms with E-state index in [4.69, 9.17) is 4.74 Å². The van der Waals surface area contributed by atoms with Crippen LogP contribution in [0.25, 0.3) is 0 Å². The van der Waals surface area contributed by atoms with E-state index in [9.17, 15) is 4.79 Å². The molecule has 0 bridgehead atoms. The molecule has 3 heteroatoms. The van der Waals surface area contributed by atoms with Crippen LogP contribution in [0, 0.1) is 0 Å².